The molecule has 0 unspecified atom stereocenters. The van der Waals surface area contributed by atoms with Gasteiger partial charge in [-0.25, -0.2) is 0 Å². The number of fused-ring (bicyclic) bond motifs is 4. The van der Waals surface area contributed by atoms with Crippen molar-refractivity contribution in [2.24, 2.45) is 23.7 Å². The molecule has 1 saturated carbocycles. The van der Waals surface area contributed by atoms with Crippen LogP contribution in [-0.4, -0.2) is 40.9 Å². The van der Waals surface area contributed by atoms with E-state index in [-0.39, 0.29) is 46.1 Å². The largest absolute Gasteiger partial charge is 0.508 e. The average Bonchev–Trinajstić information content (AvgIpc) is 3.51. The molecule has 9 nitrogen and oxygen atoms in total. The number of imide groups is 2. The minimum absolute atomic E-state index is 0.0792. The molecule has 2 heterocycles. The number of carbonyl (C=O) groups is 4. The third-order valence-corrected chi connectivity index (χ3v) is 12.1. The molecule has 8 rings (SSSR count). The summed E-state index contributed by atoms with van der Waals surface area (Å²) in [6.07, 6.45) is 2.24. The molecule has 264 valence electrons. The lowest BCUT2D eigenvalue weighted by atomic mass is 9.49. The van der Waals surface area contributed by atoms with E-state index in [0.29, 0.717) is 38.2 Å². The Morgan fingerprint density at radius 1 is 0.788 bits per heavy atom. The van der Waals surface area contributed by atoms with E-state index in [1.165, 1.54) is 30.2 Å². The van der Waals surface area contributed by atoms with E-state index in [2.05, 4.69) is 5.43 Å². The second-order valence-electron chi connectivity index (χ2n) is 13.4. The molecule has 0 spiro atoms. The number of aromatic hydroxyl groups is 1. The Morgan fingerprint density at radius 3 is 2.17 bits per heavy atom. The summed E-state index contributed by atoms with van der Waals surface area (Å²) in [5.74, 6) is -5.42. The number of nitrogens with one attached hydrogen (secondary N) is 1. The lowest BCUT2D eigenvalue weighted by Crippen LogP contribution is -2.53. The second-order valence-corrected chi connectivity index (χ2v) is 15.1. The minimum Gasteiger partial charge on any atom is -0.508 e. The number of allylic oxidation sites excluding steroid dienone is 2. The van der Waals surface area contributed by atoms with Gasteiger partial charge < -0.3 is 9.84 Å². The Balaban J connectivity index is 1.33. The smallest absolute Gasteiger partial charge is 0.260 e. The highest BCUT2D eigenvalue weighted by atomic mass is 35.5. The van der Waals surface area contributed by atoms with E-state index < -0.39 is 46.8 Å². The maximum Gasteiger partial charge on any atom is 0.260 e. The number of carbonyl (C=O) groups excluding carboxylic acids is 4. The molecule has 4 aromatic carbocycles. The fourth-order valence-corrected chi connectivity index (χ4v) is 9.64. The normalized spacial score (nSPS) is 26.6. The van der Waals surface area contributed by atoms with Crippen LogP contribution in [0.1, 0.15) is 29.9 Å². The van der Waals surface area contributed by atoms with Gasteiger partial charge in [-0.15, -0.1) is 0 Å². The summed E-state index contributed by atoms with van der Waals surface area (Å²) in [7, 11) is 1.53. The van der Waals surface area contributed by atoms with Gasteiger partial charge in [-0.3, -0.25) is 29.5 Å². The Labute approximate surface area is 318 Å². The molecule has 6 atom stereocenters. The van der Waals surface area contributed by atoms with Crippen LogP contribution in [0.15, 0.2) is 96.6 Å². The van der Waals surface area contributed by atoms with Crippen molar-refractivity contribution in [3.63, 3.8) is 0 Å². The molecule has 52 heavy (non-hydrogen) atoms. The van der Waals surface area contributed by atoms with Gasteiger partial charge in [0.1, 0.15) is 11.5 Å². The Morgan fingerprint density at radius 2 is 1.50 bits per heavy atom. The van der Waals surface area contributed by atoms with Crippen LogP contribution < -0.4 is 15.1 Å². The van der Waals surface area contributed by atoms with E-state index >= 15 is 4.79 Å². The van der Waals surface area contributed by atoms with E-state index in [1.54, 1.807) is 66.7 Å². The van der Waals surface area contributed by atoms with Gasteiger partial charge in [-0.2, -0.15) is 5.01 Å². The van der Waals surface area contributed by atoms with Crippen LogP contribution in [0.4, 0.5) is 11.4 Å². The molecular formula is C39H29Cl4N3O6. The predicted octanol–water partition coefficient (Wildman–Crippen LogP) is 8.20. The lowest BCUT2D eigenvalue weighted by molar-refractivity contribution is -0.138. The molecule has 0 aromatic heterocycles. The number of anilines is 2. The number of phenols is 1. The van der Waals surface area contributed by atoms with Gasteiger partial charge in [0, 0.05) is 21.0 Å². The van der Waals surface area contributed by atoms with Crippen molar-refractivity contribution in [2.75, 3.05) is 17.4 Å². The third-order valence-electron chi connectivity index (χ3n) is 11.0. The number of nitrogens with zero attached hydrogens (tertiary/aromatic N) is 2. The number of phenolic OH excluding ortho intramolecular Hbond substituents is 1. The molecule has 3 fully saturated rings. The van der Waals surface area contributed by atoms with E-state index in [1.807, 2.05) is 6.08 Å². The van der Waals surface area contributed by atoms with Crippen molar-refractivity contribution in [1.29, 1.82) is 0 Å². The highest BCUT2D eigenvalue weighted by Crippen LogP contribution is 2.65. The third kappa shape index (κ3) is 5.12. The zero-order valence-electron chi connectivity index (χ0n) is 27.4. The molecule has 0 bridgehead atoms. The van der Waals surface area contributed by atoms with Crippen molar-refractivity contribution < 1.29 is 29.0 Å². The monoisotopic (exact) mass is 775 g/mol. The number of amides is 4. The second kappa shape index (κ2) is 12.8. The number of hydrogen-bond acceptors (Lipinski definition) is 7. The van der Waals surface area contributed by atoms with Crippen LogP contribution in [0.3, 0.4) is 0 Å². The van der Waals surface area contributed by atoms with E-state index in [4.69, 9.17) is 51.1 Å². The first kappa shape index (κ1) is 34.5. The van der Waals surface area contributed by atoms with Crippen molar-refractivity contribution in [3.8, 4) is 11.5 Å². The Hall–Kier alpha value is -4.54. The predicted molar refractivity (Wildman–Crippen MR) is 198 cm³/mol. The summed E-state index contributed by atoms with van der Waals surface area (Å²) < 4.78 is 5.45. The van der Waals surface area contributed by atoms with Crippen molar-refractivity contribution in [2.45, 2.75) is 24.2 Å². The molecule has 4 amide bonds. The van der Waals surface area contributed by atoms with E-state index in [0.717, 1.165) is 5.01 Å². The number of halogens is 4. The van der Waals surface area contributed by atoms with Crippen molar-refractivity contribution in [1.82, 2.24) is 5.01 Å². The van der Waals surface area contributed by atoms with Crippen LogP contribution in [0, 0.1) is 23.7 Å². The van der Waals surface area contributed by atoms with Crippen LogP contribution in [0.2, 0.25) is 20.1 Å². The molecule has 0 radical (unpaired) electrons. The topological polar surface area (TPSA) is 116 Å². The summed E-state index contributed by atoms with van der Waals surface area (Å²) in [5.41, 5.74) is 3.78. The highest BCUT2D eigenvalue weighted by molar-refractivity contribution is 6.36. The number of rotatable bonds is 6. The molecule has 2 aliphatic carbocycles. The van der Waals surface area contributed by atoms with Gasteiger partial charge in [0.15, 0.2) is 0 Å². The fraction of sp³-hybridized carbons (Fsp3) is 0.231. The maximum atomic E-state index is 15.3. The summed E-state index contributed by atoms with van der Waals surface area (Å²) in [4.78, 5) is 59.8. The standard InChI is InChI=1S/C39H29Cl4N3O6/c1-52-24-10-2-19(3-11-24)39-29(36(49)46(38(39)51)44-32-15-6-21(41)16-31(32)43)18-28-25(34(39)26-12-9-23(47)17-30(26)42)13-14-27-33(28)37(50)45(35(27)48)22-7-4-20(40)5-8-22/h2-13,15-17,27-29,33-34,44,47H,14,18H2,1H3/t27-,28+,29-,33-,34+,39+/m0/s1. The first-order chi connectivity index (χ1) is 24.9. The number of methoxy groups -OCH3 is 1. The quantitative estimate of drug-likeness (QED) is 0.150. The minimum atomic E-state index is -1.59. The van der Waals surface area contributed by atoms with Crippen molar-refractivity contribution in [3.05, 3.63) is 128 Å². The summed E-state index contributed by atoms with van der Waals surface area (Å²) >= 11 is 25.7. The first-order valence-electron chi connectivity index (χ1n) is 16.5. The molecule has 2 aliphatic heterocycles. The lowest BCUT2D eigenvalue weighted by Gasteiger charge is -2.50. The molecular weight excluding hydrogens is 748 g/mol. The number of hydrazine groups is 1. The molecule has 2 N–H and O–H groups in total. The van der Waals surface area contributed by atoms with Gasteiger partial charge in [-0.05, 0) is 96.6 Å². The average molecular weight is 777 g/mol. The van der Waals surface area contributed by atoms with Crippen LogP contribution >= 0.6 is 46.4 Å². The fourth-order valence-electron chi connectivity index (χ4n) is 8.78. The zero-order chi connectivity index (χ0) is 36.6. The van der Waals surface area contributed by atoms with Crippen LogP contribution in [0.5, 0.6) is 11.5 Å². The molecule has 4 aromatic rings. The summed E-state index contributed by atoms with van der Waals surface area (Å²) in [5, 5.41) is 12.6. The van der Waals surface area contributed by atoms with Crippen LogP contribution in [-0.2, 0) is 24.6 Å². The SMILES string of the molecule is COc1ccc([C@@]23C(=O)N(Nc4ccc(Cl)cc4Cl)C(=O)[C@@H]2C[C@@H]2C(=CC[C@@H]4C(=O)N(c5ccc(Cl)cc5)C(=O)[C@@H]42)[C@@H]3c2ccc(O)cc2Cl)cc1. The van der Waals surface area contributed by atoms with Crippen molar-refractivity contribution >= 4 is 81.4 Å². The van der Waals surface area contributed by atoms with Gasteiger partial charge >= 0.3 is 0 Å². The molecule has 4 aliphatic rings. The number of hydrogen-bond donors (Lipinski definition) is 2. The highest BCUT2D eigenvalue weighted by Gasteiger charge is 2.70. The van der Waals surface area contributed by atoms with Gasteiger partial charge in [0.25, 0.3) is 11.8 Å². The number of ether oxygens (including phenoxy) is 1. The summed E-state index contributed by atoms with van der Waals surface area (Å²) in [6, 6.07) is 22.6. The maximum absolute atomic E-state index is 15.3. The number of benzene rings is 4. The zero-order valence-corrected chi connectivity index (χ0v) is 30.4. The van der Waals surface area contributed by atoms with Gasteiger partial charge in [0.2, 0.25) is 11.8 Å². The van der Waals surface area contributed by atoms with Crippen LogP contribution in [0.25, 0.3) is 0 Å². The van der Waals surface area contributed by atoms with Gasteiger partial charge in [0.05, 0.1) is 46.7 Å². The summed E-state index contributed by atoms with van der Waals surface area (Å²) in [6.45, 7) is 0. The van der Waals surface area contributed by atoms with E-state index in [9.17, 15) is 19.5 Å². The van der Waals surface area contributed by atoms with Gasteiger partial charge in [-0.1, -0.05) is 76.3 Å². The first-order valence-corrected chi connectivity index (χ1v) is 18.0. The molecule has 2 saturated heterocycles. The Bertz CT molecular complexity index is 2210. The Kier molecular flexibility index (Phi) is 8.53. The molecule has 13 heteroatoms.